The lowest BCUT2D eigenvalue weighted by molar-refractivity contribution is 1.10. The van der Waals surface area contributed by atoms with Crippen LogP contribution in [-0.2, 0) is 0 Å². The smallest absolute Gasteiger partial charge is 0.183 e. The van der Waals surface area contributed by atoms with E-state index < -0.39 is 0 Å². The zero-order valence-corrected chi connectivity index (χ0v) is 14.0. The van der Waals surface area contributed by atoms with Gasteiger partial charge in [-0.25, -0.2) is 4.98 Å². The molecule has 120 valence electrons. The van der Waals surface area contributed by atoms with Gasteiger partial charge in [0.2, 0.25) is 0 Å². The molecule has 0 unspecified atom stereocenters. The highest BCUT2D eigenvalue weighted by Gasteiger charge is 2.09. The second-order valence-electron chi connectivity index (χ2n) is 5.44. The first-order valence-electron chi connectivity index (χ1n) is 7.76. The lowest BCUT2D eigenvalue weighted by Gasteiger charge is -2.01. The van der Waals surface area contributed by atoms with E-state index in [1.165, 1.54) is 5.56 Å². The topological polar surface area (TPSA) is 66.8 Å². The Morgan fingerprint density at radius 3 is 2.46 bits per heavy atom. The van der Waals surface area contributed by atoms with Gasteiger partial charge in [-0.2, -0.15) is 5.10 Å². The summed E-state index contributed by atoms with van der Waals surface area (Å²) in [6.45, 7) is 4.03. The highest BCUT2D eigenvalue weighted by Crippen LogP contribution is 2.21. The van der Waals surface area contributed by atoms with Gasteiger partial charge in [0.25, 0.3) is 0 Å². The van der Waals surface area contributed by atoms with Crippen LogP contribution in [-0.4, -0.2) is 33.4 Å². The molecule has 0 aliphatic carbocycles. The van der Waals surface area contributed by atoms with Gasteiger partial charge in [-0.3, -0.25) is 15.1 Å². The molecule has 0 radical (unpaired) electrons. The van der Waals surface area contributed by atoms with Crippen LogP contribution in [0.2, 0.25) is 0 Å². The van der Waals surface area contributed by atoms with Crippen molar-refractivity contribution in [3.05, 3.63) is 59.9 Å². The minimum Gasteiger partial charge on any atom is -0.296 e. The third kappa shape index (κ3) is 3.30. The molecule has 2 aromatic heterocycles. The van der Waals surface area contributed by atoms with Crippen LogP contribution >= 0.6 is 0 Å². The number of aryl methyl sites for hydroxylation is 1. The van der Waals surface area contributed by atoms with Crippen molar-refractivity contribution in [2.75, 3.05) is 7.05 Å². The number of aromatic amines is 1. The average Bonchev–Trinajstić information content (AvgIpc) is 3.10. The molecule has 0 spiro atoms. The molecule has 0 saturated carbocycles. The first-order valence-corrected chi connectivity index (χ1v) is 7.76. The molecule has 24 heavy (non-hydrogen) atoms. The van der Waals surface area contributed by atoms with Crippen molar-refractivity contribution in [3.63, 3.8) is 0 Å². The molecule has 2 heterocycles. The van der Waals surface area contributed by atoms with Gasteiger partial charge in [0, 0.05) is 36.2 Å². The van der Waals surface area contributed by atoms with E-state index in [4.69, 9.17) is 0 Å². The minimum absolute atomic E-state index is 0.635. The monoisotopic (exact) mass is 317 g/mol. The van der Waals surface area contributed by atoms with Gasteiger partial charge in [0.05, 0.1) is 5.69 Å². The molecule has 0 amide bonds. The summed E-state index contributed by atoms with van der Waals surface area (Å²) in [6.07, 6.45) is 5.56. The van der Waals surface area contributed by atoms with Crippen LogP contribution in [0, 0.1) is 6.92 Å². The number of H-pyrrole nitrogens is 1. The van der Waals surface area contributed by atoms with E-state index in [0.29, 0.717) is 5.82 Å². The van der Waals surface area contributed by atoms with Crippen LogP contribution in [0.1, 0.15) is 18.2 Å². The summed E-state index contributed by atoms with van der Waals surface area (Å²) in [5.74, 6) is 1.39. The van der Waals surface area contributed by atoms with Gasteiger partial charge in [0.1, 0.15) is 0 Å². The van der Waals surface area contributed by atoms with E-state index in [0.717, 1.165) is 28.2 Å². The molecule has 0 bridgehead atoms. The number of nitrogens with zero attached hydrogens (tertiary/aromatic N) is 4. The second kappa shape index (κ2) is 7.00. The van der Waals surface area contributed by atoms with Gasteiger partial charge in [-0.05, 0) is 26.0 Å². The standard InChI is InChI=1S/C19H19N5/c1-4-14(11-20-3)17-10-9-16(12-21-17)19-22-18(23-24-19)15-7-5-13(2)6-8-15/h4-12H,1-3H3,(H,22,23,24)/b14-4+,20-11?. The molecule has 3 rings (SSSR count). The number of hydrogen-bond acceptors (Lipinski definition) is 4. The Morgan fingerprint density at radius 1 is 1.08 bits per heavy atom. The van der Waals surface area contributed by atoms with E-state index in [2.05, 4.69) is 44.2 Å². The Hall–Kier alpha value is -3.08. The molecule has 1 aromatic carbocycles. The number of rotatable bonds is 4. The van der Waals surface area contributed by atoms with Crippen LogP contribution in [0.3, 0.4) is 0 Å². The summed E-state index contributed by atoms with van der Waals surface area (Å²) >= 11 is 0. The predicted octanol–water partition coefficient (Wildman–Crippen LogP) is 3.95. The van der Waals surface area contributed by atoms with Crippen molar-refractivity contribution in [2.45, 2.75) is 13.8 Å². The second-order valence-corrected chi connectivity index (χ2v) is 5.44. The maximum Gasteiger partial charge on any atom is 0.183 e. The molecular formula is C19H19N5. The van der Waals surface area contributed by atoms with Crippen molar-refractivity contribution in [2.24, 2.45) is 4.99 Å². The minimum atomic E-state index is 0.635. The molecule has 0 saturated heterocycles. The molecule has 0 fully saturated rings. The van der Waals surface area contributed by atoms with Crippen LogP contribution in [0.4, 0.5) is 0 Å². The molecule has 3 aromatic rings. The van der Waals surface area contributed by atoms with Gasteiger partial charge >= 0.3 is 0 Å². The Kier molecular flexibility index (Phi) is 4.61. The first kappa shape index (κ1) is 15.8. The lowest BCUT2D eigenvalue weighted by Crippen LogP contribution is -1.91. The first-order chi connectivity index (χ1) is 11.7. The highest BCUT2D eigenvalue weighted by atomic mass is 15.2. The van der Waals surface area contributed by atoms with Gasteiger partial charge in [0.15, 0.2) is 11.6 Å². The van der Waals surface area contributed by atoms with E-state index in [-0.39, 0.29) is 0 Å². The summed E-state index contributed by atoms with van der Waals surface area (Å²) < 4.78 is 0. The third-order valence-corrected chi connectivity index (χ3v) is 3.71. The van der Waals surface area contributed by atoms with Crippen LogP contribution in [0.5, 0.6) is 0 Å². The molecule has 0 atom stereocenters. The molecule has 1 N–H and O–H groups in total. The predicted molar refractivity (Wildman–Crippen MR) is 97.9 cm³/mol. The zero-order chi connectivity index (χ0) is 16.9. The SMILES string of the molecule is C/C=C(\C=NC)c1ccc(-c2n[nH]c(-c3ccc(C)cc3)n2)cn1. The van der Waals surface area contributed by atoms with Gasteiger partial charge in [-0.1, -0.05) is 35.9 Å². The third-order valence-electron chi connectivity index (χ3n) is 3.71. The van der Waals surface area contributed by atoms with Gasteiger partial charge in [-0.15, -0.1) is 0 Å². The summed E-state index contributed by atoms with van der Waals surface area (Å²) in [4.78, 5) is 13.1. The van der Waals surface area contributed by atoms with Crippen molar-refractivity contribution in [1.29, 1.82) is 0 Å². The van der Waals surface area contributed by atoms with Crippen molar-refractivity contribution in [1.82, 2.24) is 20.2 Å². The van der Waals surface area contributed by atoms with Crippen molar-refractivity contribution < 1.29 is 0 Å². The van der Waals surface area contributed by atoms with Crippen LogP contribution < -0.4 is 0 Å². The summed E-state index contributed by atoms with van der Waals surface area (Å²) in [6, 6.07) is 12.1. The normalized spacial score (nSPS) is 12.0. The molecule has 0 aliphatic rings. The number of benzene rings is 1. The fourth-order valence-corrected chi connectivity index (χ4v) is 2.36. The fraction of sp³-hybridized carbons (Fsp3) is 0.158. The maximum absolute atomic E-state index is 4.56. The summed E-state index contributed by atoms with van der Waals surface area (Å²) in [7, 11) is 1.75. The molecular weight excluding hydrogens is 298 g/mol. The Bertz CT molecular complexity index is 871. The number of nitrogens with one attached hydrogen (secondary N) is 1. The number of hydrogen-bond donors (Lipinski definition) is 1. The number of aliphatic imine (C=N–C) groups is 1. The Balaban J connectivity index is 1.86. The van der Waals surface area contributed by atoms with Crippen molar-refractivity contribution in [3.8, 4) is 22.8 Å². The van der Waals surface area contributed by atoms with E-state index in [1.807, 2.05) is 37.3 Å². The maximum atomic E-state index is 4.56. The number of allylic oxidation sites excluding steroid dienone is 2. The van der Waals surface area contributed by atoms with E-state index >= 15 is 0 Å². The van der Waals surface area contributed by atoms with E-state index in [1.54, 1.807) is 19.5 Å². The van der Waals surface area contributed by atoms with Crippen LogP contribution in [0.15, 0.2) is 53.7 Å². The largest absolute Gasteiger partial charge is 0.296 e. The molecule has 5 nitrogen and oxygen atoms in total. The number of pyridine rings is 1. The van der Waals surface area contributed by atoms with E-state index in [9.17, 15) is 0 Å². The zero-order valence-electron chi connectivity index (χ0n) is 14.0. The quantitative estimate of drug-likeness (QED) is 0.741. The summed E-state index contributed by atoms with van der Waals surface area (Å²) in [5, 5.41) is 7.29. The van der Waals surface area contributed by atoms with Crippen LogP contribution in [0.25, 0.3) is 28.3 Å². The molecule has 0 aliphatic heterocycles. The average molecular weight is 317 g/mol. The number of aromatic nitrogens is 4. The summed E-state index contributed by atoms with van der Waals surface area (Å²) in [5.41, 5.74) is 4.96. The van der Waals surface area contributed by atoms with Gasteiger partial charge < -0.3 is 0 Å². The Morgan fingerprint density at radius 2 is 1.83 bits per heavy atom. The fourth-order valence-electron chi connectivity index (χ4n) is 2.36. The molecule has 5 heteroatoms. The lowest BCUT2D eigenvalue weighted by atomic mass is 10.1. The Labute approximate surface area is 141 Å². The highest BCUT2D eigenvalue weighted by molar-refractivity contribution is 6.08. The van der Waals surface area contributed by atoms with Crippen molar-refractivity contribution >= 4 is 11.8 Å².